The number of pyridine rings is 1. The Morgan fingerprint density at radius 2 is 1.68 bits per heavy atom. The Bertz CT molecular complexity index is 758. The lowest BCUT2D eigenvalue weighted by atomic mass is 10.2. The van der Waals surface area contributed by atoms with Crippen molar-refractivity contribution in [2.75, 3.05) is 5.32 Å². The van der Waals surface area contributed by atoms with Gasteiger partial charge >= 0.3 is 0 Å². The van der Waals surface area contributed by atoms with Crippen molar-refractivity contribution < 1.29 is 14.6 Å². The van der Waals surface area contributed by atoms with Crippen molar-refractivity contribution in [1.29, 1.82) is 0 Å². The summed E-state index contributed by atoms with van der Waals surface area (Å²) in [6, 6.07) is 6.34. The first kappa shape index (κ1) is 15.0. The van der Waals surface area contributed by atoms with Gasteiger partial charge in [-0.2, -0.15) is 0 Å². The van der Waals surface area contributed by atoms with E-state index in [4.69, 9.17) is 0 Å². The third-order valence-electron chi connectivity index (χ3n) is 2.85. The maximum Gasteiger partial charge on any atom is 0.287 e. The number of carbonyl (C=O) groups is 1. The fourth-order valence-corrected chi connectivity index (χ4v) is 1.70. The van der Waals surface area contributed by atoms with Crippen LogP contribution in [0.1, 0.15) is 15.9 Å². The van der Waals surface area contributed by atoms with Gasteiger partial charge in [0.05, 0.1) is 9.85 Å². The lowest BCUT2D eigenvalue weighted by Gasteiger charge is -2.07. The van der Waals surface area contributed by atoms with Gasteiger partial charge in [0, 0.05) is 23.8 Å². The summed E-state index contributed by atoms with van der Waals surface area (Å²) < 4.78 is 0. The average molecular weight is 302 g/mol. The summed E-state index contributed by atoms with van der Waals surface area (Å²) >= 11 is 0. The number of amides is 1. The first-order valence-electron chi connectivity index (χ1n) is 6.05. The zero-order valence-electron chi connectivity index (χ0n) is 11.3. The van der Waals surface area contributed by atoms with Gasteiger partial charge in [0.2, 0.25) is 0 Å². The molecule has 22 heavy (non-hydrogen) atoms. The average Bonchev–Trinajstić information content (AvgIpc) is 2.49. The molecule has 0 radical (unpaired) electrons. The lowest BCUT2D eigenvalue weighted by molar-refractivity contribution is -0.385. The Hall–Kier alpha value is -3.36. The minimum atomic E-state index is -0.581. The van der Waals surface area contributed by atoms with Crippen LogP contribution in [0.5, 0.6) is 0 Å². The Morgan fingerprint density at radius 3 is 2.18 bits per heavy atom. The predicted octanol–water partition coefficient (Wildman–Crippen LogP) is 2.46. The van der Waals surface area contributed by atoms with Gasteiger partial charge in [-0.25, -0.2) is 4.98 Å². The molecule has 1 heterocycles. The van der Waals surface area contributed by atoms with E-state index >= 15 is 0 Å². The van der Waals surface area contributed by atoms with Gasteiger partial charge < -0.3 is 5.32 Å². The smallest absolute Gasteiger partial charge is 0.287 e. The maximum atomic E-state index is 12.0. The van der Waals surface area contributed by atoms with Gasteiger partial charge in [-0.15, -0.1) is 0 Å². The van der Waals surface area contributed by atoms with E-state index in [9.17, 15) is 25.0 Å². The zero-order valence-corrected chi connectivity index (χ0v) is 11.3. The van der Waals surface area contributed by atoms with E-state index in [2.05, 4.69) is 10.3 Å². The topological polar surface area (TPSA) is 128 Å². The van der Waals surface area contributed by atoms with Gasteiger partial charge in [-0.3, -0.25) is 25.0 Å². The van der Waals surface area contributed by atoms with Crippen molar-refractivity contribution in [2.24, 2.45) is 0 Å². The Morgan fingerprint density at radius 1 is 1.09 bits per heavy atom. The Labute approximate surface area is 123 Å². The maximum absolute atomic E-state index is 12.0. The molecule has 0 aliphatic heterocycles. The number of non-ortho nitro benzene ring substituents is 1. The largest absolute Gasteiger partial charge is 0.306 e. The number of hydrogen-bond acceptors (Lipinski definition) is 6. The molecule has 0 saturated heterocycles. The quantitative estimate of drug-likeness (QED) is 0.682. The highest BCUT2D eigenvalue weighted by molar-refractivity contribution is 6.04. The summed E-state index contributed by atoms with van der Waals surface area (Å²) in [5.74, 6) is -0.326. The molecule has 0 aliphatic rings. The first-order valence-corrected chi connectivity index (χ1v) is 6.05. The van der Waals surface area contributed by atoms with E-state index in [1.807, 2.05) is 0 Å². The Kier molecular flexibility index (Phi) is 4.07. The molecule has 1 amide bonds. The van der Waals surface area contributed by atoms with Crippen LogP contribution < -0.4 is 5.32 Å². The van der Waals surface area contributed by atoms with Crippen LogP contribution in [0.2, 0.25) is 0 Å². The highest BCUT2D eigenvalue weighted by atomic mass is 16.6. The van der Waals surface area contributed by atoms with E-state index < -0.39 is 15.8 Å². The minimum Gasteiger partial charge on any atom is -0.306 e. The van der Waals surface area contributed by atoms with Crippen LogP contribution in [0.15, 0.2) is 36.5 Å². The summed E-state index contributed by atoms with van der Waals surface area (Å²) in [7, 11) is 0. The van der Waals surface area contributed by atoms with Crippen LogP contribution in [0.3, 0.4) is 0 Å². The number of carbonyl (C=O) groups excluding carboxylic acids is 1. The summed E-state index contributed by atoms with van der Waals surface area (Å²) in [6.07, 6.45) is 1.04. The molecule has 0 atom stereocenters. The summed E-state index contributed by atoms with van der Waals surface area (Å²) in [6.45, 7) is 1.57. The third-order valence-corrected chi connectivity index (χ3v) is 2.85. The molecular weight excluding hydrogens is 292 g/mol. The van der Waals surface area contributed by atoms with Crippen LogP contribution in [0.25, 0.3) is 0 Å². The van der Waals surface area contributed by atoms with Crippen molar-refractivity contribution in [3.63, 3.8) is 0 Å². The van der Waals surface area contributed by atoms with E-state index in [0.29, 0.717) is 5.56 Å². The summed E-state index contributed by atoms with van der Waals surface area (Å²) in [5, 5.41) is 23.7. The van der Waals surface area contributed by atoms with Crippen LogP contribution >= 0.6 is 0 Å². The van der Waals surface area contributed by atoms with Crippen LogP contribution in [-0.4, -0.2) is 20.7 Å². The van der Waals surface area contributed by atoms with Crippen LogP contribution in [-0.2, 0) is 0 Å². The van der Waals surface area contributed by atoms with Crippen molar-refractivity contribution in [3.8, 4) is 0 Å². The number of anilines is 1. The Balaban J connectivity index is 2.18. The number of rotatable bonds is 4. The molecule has 0 saturated carbocycles. The minimum absolute atomic E-state index is 0.124. The number of hydrogen-bond donors (Lipinski definition) is 1. The van der Waals surface area contributed by atoms with Crippen molar-refractivity contribution in [1.82, 2.24) is 4.98 Å². The van der Waals surface area contributed by atoms with Gasteiger partial charge in [-0.1, -0.05) is 0 Å². The summed E-state index contributed by atoms with van der Waals surface area (Å²) in [5.41, 5.74) is 0.349. The molecule has 1 aromatic heterocycles. The molecule has 0 aliphatic carbocycles. The standard InChI is InChI=1S/C13H10N4O5/c1-8-6-11(17(21)22)7-14-12(8)15-13(18)9-2-4-10(5-3-9)16(19)20/h2-7H,1H3,(H,14,15,18). The number of aryl methyl sites for hydroxylation is 1. The molecule has 112 valence electrons. The van der Waals surface area contributed by atoms with Crippen molar-refractivity contribution in [3.05, 3.63) is 67.9 Å². The monoisotopic (exact) mass is 302 g/mol. The normalized spacial score (nSPS) is 10.0. The fraction of sp³-hybridized carbons (Fsp3) is 0.0769. The second-order valence-corrected chi connectivity index (χ2v) is 4.37. The first-order chi connectivity index (χ1) is 10.4. The van der Waals surface area contributed by atoms with Crippen molar-refractivity contribution >= 4 is 23.1 Å². The molecular formula is C13H10N4O5. The van der Waals surface area contributed by atoms with Gasteiger partial charge in [0.1, 0.15) is 12.0 Å². The zero-order chi connectivity index (χ0) is 16.3. The molecule has 1 aromatic carbocycles. The van der Waals surface area contributed by atoms with E-state index in [-0.39, 0.29) is 22.8 Å². The number of nitrogens with one attached hydrogen (secondary N) is 1. The molecule has 9 nitrogen and oxygen atoms in total. The van der Waals surface area contributed by atoms with Crippen molar-refractivity contribution in [2.45, 2.75) is 6.92 Å². The molecule has 0 fully saturated rings. The SMILES string of the molecule is Cc1cc([N+](=O)[O-])cnc1NC(=O)c1ccc([N+](=O)[O-])cc1. The van der Waals surface area contributed by atoms with Crippen LogP contribution in [0, 0.1) is 27.2 Å². The molecule has 2 rings (SSSR count). The second-order valence-electron chi connectivity index (χ2n) is 4.37. The fourth-order valence-electron chi connectivity index (χ4n) is 1.70. The molecule has 0 bridgehead atoms. The van der Waals surface area contributed by atoms with Gasteiger partial charge in [0.15, 0.2) is 0 Å². The number of aromatic nitrogens is 1. The highest BCUT2D eigenvalue weighted by Gasteiger charge is 2.14. The molecule has 1 N–H and O–H groups in total. The number of nitrogens with zero attached hydrogens (tertiary/aromatic N) is 3. The molecule has 0 spiro atoms. The van der Waals surface area contributed by atoms with E-state index in [0.717, 1.165) is 6.20 Å². The van der Waals surface area contributed by atoms with E-state index in [1.54, 1.807) is 6.92 Å². The lowest BCUT2D eigenvalue weighted by Crippen LogP contribution is -2.14. The third kappa shape index (κ3) is 3.20. The predicted molar refractivity (Wildman–Crippen MR) is 76.7 cm³/mol. The van der Waals surface area contributed by atoms with E-state index in [1.165, 1.54) is 30.3 Å². The molecule has 9 heteroatoms. The molecule has 2 aromatic rings. The van der Waals surface area contributed by atoms with Crippen LogP contribution in [0.4, 0.5) is 17.2 Å². The summed E-state index contributed by atoms with van der Waals surface area (Å²) in [4.78, 5) is 35.9. The number of nitro groups is 2. The number of benzene rings is 1. The highest BCUT2D eigenvalue weighted by Crippen LogP contribution is 2.19. The van der Waals surface area contributed by atoms with Gasteiger partial charge in [-0.05, 0) is 24.6 Å². The molecule has 0 unspecified atom stereocenters. The number of nitro benzene ring substituents is 1. The second kappa shape index (κ2) is 5.95. The van der Waals surface area contributed by atoms with Gasteiger partial charge in [0.25, 0.3) is 17.3 Å².